The zero-order valence-corrected chi connectivity index (χ0v) is 11.4. The van der Waals surface area contributed by atoms with Gasteiger partial charge in [-0.15, -0.1) is 0 Å². The number of nitrogens with zero attached hydrogens (tertiary/aromatic N) is 3. The Hall–Kier alpha value is -1.33. The third kappa shape index (κ3) is 2.91. The summed E-state index contributed by atoms with van der Waals surface area (Å²) in [6.07, 6.45) is 3.83. The van der Waals surface area contributed by atoms with Gasteiger partial charge in [0.2, 0.25) is 0 Å². The molecule has 1 unspecified atom stereocenters. The summed E-state index contributed by atoms with van der Waals surface area (Å²) in [5.74, 6) is 0.697. The number of thioether (sulfide) groups is 1. The molecule has 1 aliphatic rings. The molecule has 6 nitrogen and oxygen atoms in total. The van der Waals surface area contributed by atoms with Crippen LogP contribution in [-0.4, -0.2) is 42.2 Å². The second-order valence-electron chi connectivity index (χ2n) is 3.98. The number of nitrogens with one attached hydrogen (secondary N) is 1. The van der Waals surface area contributed by atoms with Gasteiger partial charge in [-0.25, -0.2) is 18.4 Å². The number of rotatable bonds is 3. The fourth-order valence-corrected chi connectivity index (χ4v) is 3.77. The van der Waals surface area contributed by atoms with Gasteiger partial charge in [-0.3, -0.25) is 0 Å². The van der Waals surface area contributed by atoms with Crippen molar-refractivity contribution in [3.05, 3.63) is 11.8 Å². The summed E-state index contributed by atoms with van der Waals surface area (Å²) in [5.41, 5.74) is 0.331. The van der Waals surface area contributed by atoms with Crippen molar-refractivity contribution in [3.63, 3.8) is 0 Å². The van der Waals surface area contributed by atoms with Gasteiger partial charge in [0, 0.05) is 6.04 Å². The molecule has 0 amide bonds. The Kier molecular flexibility index (Phi) is 3.73. The molecule has 2 heterocycles. The van der Waals surface area contributed by atoms with Gasteiger partial charge in [0.05, 0.1) is 17.7 Å². The third-order valence-corrected chi connectivity index (χ3v) is 4.97. The van der Waals surface area contributed by atoms with Crippen LogP contribution in [0.4, 0.5) is 5.82 Å². The van der Waals surface area contributed by atoms with E-state index in [1.165, 1.54) is 18.0 Å². The summed E-state index contributed by atoms with van der Waals surface area (Å²) in [5, 5.41) is 12.5. The molecule has 8 heteroatoms. The fraction of sp³-hybridized carbons (Fsp3) is 0.500. The van der Waals surface area contributed by atoms with Crippen molar-refractivity contribution in [1.82, 2.24) is 9.97 Å². The van der Waals surface area contributed by atoms with E-state index in [9.17, 15) is 8.42 Å². The van der Waals surface area contributed by atoms with Crippen molar-refractivity contribution < 1.29 is 8.42 Å². The number of aromatic nitrogens is 2. The topological polar surface area (TPSA) is 95.7 Å². The van der Waals surface area contributed by atoms with E-state index in [0.717, 1.165) is 0 Å². The first kappa shape index (κ1) is 13.1. The molecule has 1 aliphatic heterocycles. The minimum atomic E-state index is -2.94. The van der Waals surface area contributed by atoms with Crippen molar-refractivity contribution in [3.8, 4) is 6.07 Å². The lowest BCUT2D eigenvalue weighted by Gasteiger charge is -2.12. The third-order valence-electron chi connectivity index (χ3n) is 2.64. The van der Waals surface area contributed by atoms with Gasteiger partial charge in [0.1, 0.15) is 17.5 Å². The fourth-order valence-electron chi connectivity index (χ4n) is 1.76. The van der Waals surface area contributed by atoms with Crippen LogP contribution in [0, 0.1) is 11.3 Å². The minimum absolute atomic E-state index is 0.0937. The van der Waals surface area contributed by atoms with Gasteiger partial charge in [-0.1, -0.05) is 11.8 Å². The Bertz CT molecular complexity index is 594. The molecule has 1 fully saturated rings. The minimum Gasteiger partial charge on any atom is -0.365 e. The van der Waals surface area contributed by atoms with Crippen molar-refractivity contribution in [2.45, 2.75) is 17.6 Å². The van der Waals surface area contributed by atoms with Crippen LogP contribution in [0.3, 0.4) is 0 Å². The van der Waals surface area contributed by atoms with E-state index in [1.54, 1.807) is 0 Å². The second-order valence-corrected chi connectivity index (χ2v) is 6.98. The summed E-state index contributed by atoms with van der Waals surface area (Å²) >= 11 is 1.37. The lowest BCUT2D eigenvalue weighted by Crippen LogP contribution is -2.22. The Morgan fingerprint density at radius 2 is 2.39 bits per heavy atom. The summed E-state index contributed by atoms with van der Waals surface area (Å²) in [7, 11) is -2.94. The van der Waals surface area contributed by atoms with Crippen molar-refractivity contribution in [2.75, 3.05) is 23.1 Å². The standard InChI is InChI=1S/C10H12N4O2S2/c1-17-10-12-5-7(4-11)9(14-10)13-8-2-3-18(15,16)6-8/h5,8H,2-3,6H2,1H3,(H,12,13,14). The molecule has 0 spiro atoms. The van der Waals surface area contributed by atoms with E-state index >= 15 is 0 Å². The maximum atomic E-state index is 11.4. The summed E-state index contributed by atoms with van der Waals surface area (Å²) < 4.78 is 22.7. The maximum absolute atomic E-state index is 11.4. The molecule has 0 saturated carbocycles. The molecule has 1 aromatic heterocycles. The zero-order chi connectivity index (χ0) is 13.2. The van der Waals surface area contributed by atoms with Crippen LogP contribution in [0.2, 0.25) is 0 Å². The Morgan fingerprint density at radius 1 is 1.61 bits per heavy atom. The smallest absolute Gasteiger partial charge is 0.189 e. The Labute approximate surface area is 110 Å². The molecule has 1 atom stereocenters. The molecule has 1 N–H and O–H groups in total. The first-order chi connectivity index (χ1) is 8.54. The van der Waals surface area contributed by atoms with Crippen LogP contribution < -0.4 is 5.32 Å². The molecule has 96 valence electrons. The van der Waals surface area contributed by atoms with Crippen molar-refractivity contribution >= 4 is 27.4 Å². The average Bonchev–Trinajstić information content (AvgIpc) is 2.68. The second kappa shape index (κ2) is 5.12. The van der Waals surface area contributed by atoms with Gasteiger partial charge in [-0.05, 0) is 12.7 Å². The van der Waals surface area contributed by atoms with Gasteiger partial charge in [0.15, 0.2) is 15.0 Å². The van der Waals surface area contributed by atoms with Gasteiger partial charge in [-0.2, -0.15) is 5.26 Å². The van der Waals surface area contributed by atoms with Gasteiger partial charge < -0.3 is 5.32 Å². The summed E-state index contributed by atoms with van der Waals surface area (Å²) in [6.45, 7) is 0. The molecule has 18 heavy (non-hydrogen) atoms. The molecular formula is C10H12N4O2S2. The van der Waals surface area contributed by atoms with Crippen LogP contribution in [0.5, 0.6) is 0 Å². The molecule has 0 aromatic carbocycles. The zero-order valence-electron chi connectivity index (χ0n) is 9.75. The monoisotopic (exact) mass is 284 g/mol. The number of anilines is 1. The van der Waals surface area contributed by atoms with Crippen molar-refractivity contribution in [1.29, 1.82) is 5.26 Å². The molecule has 0 bridgehead atoms. The highest BCUT2D eigenvalue weighted by Crippen LogP contribution is 2.20. The van der Waals surface area contributed by atoms with Crippen LogP contribution in [-0.2, 0) is 9.84 Å². The number of sulfone groups is 1. The van der Waals surface area contributed by atoms with Gasteiger partial charge in [0.25, 0.3) is 0 Å². The number of hydrogen-bond donors (Lipinski definition) is 1. The normalized spacial score (nSPS) is 21.4. The van der Waals surface area contributed by atoms with Crippen LogP contribution >= 0.6 is 11.8 Å². The van der Waals surface area contributed by atoms with Crippen molar-refractivity contribution in [2.24, 2.45) is 0 Å². The molecule has 1 saturated heterocycles. The predicted octanol–water partition coefficient (Wildman–Crippen LogP) is 0.669. The quantitative estimate of drug-likeness (QED) is 0.643. The summed E-state index contributed by atoms with van der Waals surface area (Å²) in [4.78, 5) is 8.20. The van der Waals surface area contributed by atoms with E-state index in [2.05, 4.69) is 15.3 Å². The highest BCUT2D eigenvalue weighted by atomic mass is 32.2. The Morgan fingerprint density at radius 3 is 2.94 bits per heavy atom. The highest BCUT2D eigenvalue weighted by molar-refractivity contribution is 7.98. The van der Waals surface area contributed by atoms with E-state index in [0.29, 0.717) is 23.0 Å². The molecule has 2 rings (SSSR count). The van der Waals surface area contributed by atoms with E-state index in [1.807, 2.05) is 12.3 Å². The Balaban J connectivity index is 2.21. The largest absolute Gasteiger partial charge is 0.365 e. The number of nitriles is 1. The number of hydrogen-bond acceptors (Lipinski definition) is 7. The van der Waals surface area contributed by atoms with E-state index in [-0.39, 0.29) is 17.5 Å². The first-order valence-electron chi connectivity index (χ1n) is 5.32. The lowest BCUT2D eigenvalue weighted by atomic mass is 10.2. The SMILES string of the molecule is CSc1ncc(C#N)c(NC2CCS(=O)(=O)C2)n1. The lowest BCUT2D eigenvalue weighted by molar-refractivity contribution is 0.602. The van der Waals surface area contributed by atoms with E-state index < -0.39 is 9.84 Å². The van der Waals surface area contributed by atoms with Crippen LogP contribution in [0.1, 0.15) is 12.0 Å². The highest BCUT2D eigenvalue weighted by Gasteiger charge is 2.28. The maximum Gasteiger partial charge on any atom is 0.189 e. The van der Waals surface area contributed by atoms with E-state index in [4.69, 9.17) is 5.26 Å². The first-order valence-corrected chi connectivity index (χ1v) is 8.37. The average molecular weight is 284 g/mol. The summed E-state index contributed by atoms with van der Waals surface area (Å²) in [6, 6.07) is 1.82. The van der Waals surface area contributed by atoms with Crippen LogP contribution in [0.25, 0.3) is 0 Å². The van der Waals surface area contributed by atoms with Gasteiger partial charge >= 0.3 is 0 Å². The predicted molar refractivity (Wildman–Crippen MR) is 69.2 cm³/mol. The molecule has 1 aromatic rings. The molecular weight excluding hydrogens is 272 g/mol. The molecule has 0 aliphatic carbocycles. The van der Waals surface area contributed by atoms with Crippen LogP contribution in [0.15, 0.2) is 11.4 Å². The molecule has 0 radical (unpaired) electrons.